The molecule has 1 amide bonds. The number of benzene rings is 1. The van der Waals surface area contributed by atoms with Crippen LogP contribution in [0.25, 0.3) is 0 Å². The summed E-state index contributed by atoms with van der Waals surface area (Å²) >= 11 is 0. The first-order valence-corrected chi connectivity index (χ1v) is 7.11. The van der Waals surface area contributed by atoms with Gasteiger partial charge in [0.15, 0.2) is 0 Å². The van der Waals surface area contributed by atoms with Gasteiger partial charge in [-0.1, -0.05) is 30.3 Å². The van der Waals surface area contributed by atoms with Crippen LogP contribution in [-0.2, 0) is 10.3 Å². The number of carbonyl (C=O) groups excluding carboxylic acids is 1. The molecule has 0 saturated carbocycles. The summed E-state index contributed by atoms with van der Waals surface area (Å²) in [7, 11) is 0. The Labute approximate surface area is 120 Å². The van der Waals surface area contributed by atoms with Crippen LogP contribution in [0.3, 0.4) is 0 Å². The van der Waals surface area contributed by atoms with Crippen molar-refractivity contribution in [2.75, 3.05) is 6.54 Å². The topological polar surface area (TPSA) is 66.6 Å². The number of hydrogen-bond acceptors (Lipinski definition) is 3. The van der Waals surface area contributed by atoms with E-state index in [2.05, 4.69) is 6.92 Å². The Morgan fingerprint density at radius 1 is 1.45 bits per heavy atom. The number of carbonyl (C=O) groups is 1. The minimum atomic E-state index is -0.933. The van der Waals surface area contributed by atoms with E-state index in [1.165, 1.54) is 0 Å². The van der Waals surface area contributed by atoms with Crippen molar-refractivity contribution in [1.82, 2.24) is 4.90 Å². The van der Waals surface area contributed by atoms with E-state index in [-0.39, 0.29) is 18.5 Å². The van der Waals surface area contributed by atoms with Crippen LogP contribution >= 0.6 is 0 Å². The van der Waals surface area contributed by atoms with Crippen LogP contribution in [0, 0.1) is 0 Å². The van der Waals surface area contributed by atoms with Crippen LogP contribution < -0.4 is 5.73 Å². The van der Waals surface area contributed by atoms with Gasteiger partial charge in [0.1, 0.15) is 0 Å². The lowest BCUT2D eigenvalue weighted by Gasteiger charge is -2.42. The Morgan fingerprint density at radius 3 is 2.55 bits per heavy atom. The van der Waals surface area contributed by atoms with E-state index in [1.54, 1.807) is 18.7 Å². The summed E-state index contributed by atoms with van der Waals surface area (Å²) in [6, 6.07) is 9.77. The second-order valence-corrected chi connectivity index (χ2v) is 6.32. The number of aliphatic hydroxyl groups is 1. The number of nitrogens with zero attached hydrogens (tertiary/aromatic N) is 1. The average molecular weight is 276 g/mol. The van der Waals surface area contributed by atoms with Crippen molar-refractivity contribution in [2.45, 2.75) is 50.8 Å². The van der Waals surface area contributed by atoms with E-state index in [1.807, 2.05) is 30.3 Å². The van der Waals surface area contributed by atoms with E-state index >= 15 is 0 Å². The monoisotopic (exact) mass is 276 g/mol. The predicted octanol–water partition coefficient (Wildman–Crippen LogP) is 1.62. The molecule has 110 valence electrons. The van der Waals surface area contributed by atoms with Crippen molar-refractivity contribution in [3.8, 4) is 0 Å². The Morgan fingerprint density at radius 2 is 2.05 bits per heavy atom. The molecule has 1 heterocycles. The molecule has 3 N–H and O–H groups in total. The molecule has 0 spiro atoms. The van der Waals surface area contributed by atoms with E-state index < -0.39 is 11.1 Å². The van der Waals surface area contributed by atoms with Gasteiger partial charge in [0.2, 0.25) is 5.91 Å². The fourth-order valence-corrected chi connectivity index (χ4v) is 3.31. The summed E-state index contributed by atoms with van der Waals surface area (Å²) in [5.41, 5.74) is 5.34. The second-order valence-electron chi connectivity index (χ2n) is 6.32. The van der Waals surface area contributed by atoms with Crippen LogP contribution in [-0.4, -0.2) is 34.1 Å². The van der Waals surface area contributed by atoms with Gasteiger partial charge < -0.3 is 15.7 Å². The van der Waals surface area contributed by atoms with Gasteiger partial charge in [0.25, 0.3) is 0 Å². The zero-order valence-electron chi connectivity index (χ0n) is 12.5. The first-order chi connectivity index (χ1) is 9.30. The van der Waals surface area contributed by atoms with Gasteiger partial charge in [-0.2, -0.15) is 0 Å². The molecule has 20 heavy (non-hydrogen) atoms. The normalized spacial score (nSPS) is 26.9. The minimum Gasteiger partial charge on any atom is -0.388 e. The van der Waals surface area contributed by atoms with Crippen molar-refractivity contribution in [3.63, 3.8) is 0 Å². The largest absolute Gasteiger partial charge is 0.388 e. The van der Waals surface area contributed by atoms with Crippen LogP contribution in [0.5, 0.6) is 0 Å². The third kappa shape index (κ3) is 2.45. The predicted molar refractivity (Wildman–Crippen MR) is 79.0 cm³/mol. The number of rotatable bonds is 3. The molecule has 1 aliphatic rings. The zero-order chi connectivity index (χ0) is 15.0. The molecule has 1 aromatic carbocycles. The Bertz CT molecular complexity index is 481. The minimum absolute atomic E-state index is 0.0327. The molecule has 4 nitrogen and oxygen atoms in total. The second kappa shape index (κ2) is 5.19. The molecule has 2 atom stereocenters. The molecule has 2 rings (SSSR count). The lowest BCUT2D eigenvalue weighted by Crippen LogP contribution is -2.55. The van der Waals surface area contributed by atoms with Crippen molar-refractivity contribution in [2.24, 2.45) is 5.73 Å². The first kappa shape index (κ1) is 15.0. The lowest BCUT2D eigenvalue weighted by molar-refractivity contribution is -0.142. The number of hydrogen-bond donors (Lipinski definition) is 2. The molecule has 0 unspecified atom stereocenters. The van der Waals surface area contributed by atoms with E-state index in [9.17, 15) is 9.90 Å². The standard InChI is InChI=1S/C16H24N2O2/c1-15(2,20)13-9-10-16(3,18(13)14(19)11-17)12-7-5-4-6-8-12/h4-8,13,20H,9-11,17H2,1-3H3/t13-,16+/m1/s1. The number of likely N-dealkylation sites (tertiary alicyclic amines) is 1. The maximum absolute atomic E-state index is 12.3. The first-order valence-electron chi connectivity index (χ1n) is 7.11. The molecule has 4 heteroatoms. The Kier molecular flexibility index (Phi) is 3.89. The average Bonchev–Trinajstić information content (AvgIpc) is 2.78. The van der Waals surface area contributed by atoms with Crippen LogP contribution in [0.1, 0.15) is 39.2 Å². The van der Waals surface area contributed by atoms with Gasteiger partial charge in [-0.05, 0) is 39.2 Å². The summed E-state index contributed by atoms with van der Waals surface area (Å²) < 4.78 is 0. The fourth-order valence-electron chi connectivity index (χ4n) is 3.31. The van der Waals surface area contributed by atoms with Gasteiger partial charge in [-0.25, -0.2) is 0 Å². The van der Waals surface area contributed by atoms with E-state index in [0.717, 1.165) is 18.4 Å². The molecule has 1 fully saturated rings. The summed E-state index contributed by atoms with van der Waals surface area (Å²) in [5.74, 6) is -0.110. The SMILES string of the molecule is CC(C)(O)[C@H]1CC[C@@](C)(c2ccccc2)N1C(=O)CN. The molecule has 0 radical (unpaired) electrons. The van der Waals surface area contributed by atoms with Crippen LogP contribution in [0.2, 0.25) is 0 Å². The maximum Gasteiger partial charge on any atom is 0.237 e. The van der Waals surface area contributed by atoms with Crippen molar-refractivity contribution >= 4 is 5.91 Å². The maximum atomic E-state index is 12.3. The summed E-state index contributed by atoms with van der Waals surface area (Å²) in [4.78, 5) is 14.1. The van der Waals surface area contributed by atoms with Gasteiger partial charge in [-0.3, -0.25) is 4.79 Å². The molecule has 1 aliphatic heterocycles. The molecule has 0 aliphatic carbocycles. The number of amides is 1. The fraction of sp³-hybridized carbons (Fsp3) is 0.562. The van der Waals surface area contributed by atoms with Gasteiger partial charge in [0, 0.05) is 0 Å². The highest BCUT2D eigenvalue weighted by Crippen LogP contribution is 2.44. The highest BCUT2D eigenvalue weighted by atomic mass is 16.3. The van der Waals surface area contributed by atoms with Crippen molar-refractivity contribution < 1.29 is 9.90 Å². The smallest absolute Gasteiger partial charge is 0.237 e. The molecule has 0 bridgehead atoms. The highest BCUT2D eigenvalue weighted by molar-refractivity contribution is 5.80. The quantitative estimate of drug-likeness (QED) is 0.881. The molecule has 0 aromatic heterocycles. The Balaban J connectivity index is 2.46. The van der Waals surface area contributed by atoms with E-state index in [0.29, 0.717) is 0 Å². The third-order valence-electron chi connectivity index (χ3n) is 4.40. The van der Waals surface area contributed by atoms with Gasteiger partial charge >= 0.3 is 0 Å². The molecule has 1 aromatic rings. The molecular weight excluding hydrogens is 252 g/mol. The Hall–Kier alpha value is -1.39. The summed E-state index contributed by atoms with van der Waals surface area (Å²) in [5, 5.41) is 10.4. The molecule has 1 saturated heterocycles. The van der Waals surface area contributed by atoms with Gasteiger partial charge in [0.05, 0.1) is 23.7 Å². The van der Waals surface area contributed by atoms with Crippen LogP contribution in [0.15, 0.2) is 30.3 Å². The van der Waals surface area contributed by atoms with Crippen LogP contribution in [0.4, 0.5) is 0 Å². The zero-order valence-corrected chi connectivity index (χ0v) is 12.5. The summed E-state index contributed by atoms with van der Waals surface area (Å²) in [6.07, 6.45) is 1.61. The van der Waals surface area contributed by atoms with Gasteiger partial charge in [-0.15, -0.1) is 0 Å². The molecular formula is C16H24N2O2. The third-order valence-corrected chi connectivity index (χ3v) is 4.40. The lowest BCUT2D eigenvalue weighted by atomic mass is 9.89. The van der Waals surface area contributed by atoms with Crippen molar-refractivity contribution in [1.29, 1.82) is 0 Å². The van der Waals surface area contributed by atoms with E-state index in [4.69, 9.17) is 5.73 Å². The highest BCUT2D eigenvalue weighted by Gasteiger charge is 2.50. The number of nitrogens with two attached hydrogens (primary N) is 1. The van der Waals surface area contributed by atoms with Crippen molar-refractivity contribution in [3.05, 3.63) is 35.9 Å². The summed E-state index contributed by atoms with van der Waals surface area (Å²) in [6.45, 7) is 5.53.